The number of rotatable bonds is 6. The van der Waals surface area contributed by atoms with Crippen LogP contribution in [0.2, 0.25) is 0 Å². The van der Waals surface area contributed by atoms with E-state index in [0.29, 0.717) is 0 Å². The first kappa shape index (κ1) is 13.4. The fraction of sp³-hybridized carbons (Fsp3) is 0.143. The minimum absolute atomic E-state index is 0.312. The normalized spacial score (nSPS) is 10.4. The standard InChI is InChI=1S/2C7H8S.Sn/c2*8-6-7-4-2-1-3-5-7;/h2*1-5,8H,6H2;/q;;+2/p-2. The Bertz CT molecular complexity index is 375. The summed E-state index contributed by atoms with van der Waals surface area (Å²) >= 11 is -0.312. The van der Waals surface area contributed by atoms with E-state index in [1.165, 1.54) is 22.6 Å². The van der Waals surface area contributed by atoms with E-state index in [-0.39, 0.29) is 18.4 Å². The van der Waals surface area contributed by atoms with Crippen molar-refractivity contribution in [1.82, 2.24) is 0 Å². The fourth-order valence-corrected chi connectivity index (χ4v) is 11.0. The summed E-state index contributed by atoms with van der Waals surface area (Å²) in [5.41, 5.74) is 2.91. The molecule has 0 bridgehead atoms. The zero-order valence-electron chi connectivity index (χ0n) is 9.50. The van der Waals surface area contributed by atoms with Crippen molar-refractivity contribution < 1.29 is 0 Å². The van der Waals surface area contributed by atoms with Gasteiger partial charge < -0.3 is 0 Å². The van der Waals surface area contributed by atoms with Gasteiger partial charge in [0.1, 0.15) is 0 Å². The van der Waals surface area contributed by atoms with Crippen LogP contribution in [0.15, 0.2) is 60.7 Å². The third kappa shape index (κ3) is 5.40. The topological polar surface area (TPSA) is 0 Å². The van der Waals surface area contributed by atoms with Crippen LogP contribution in [0.1, 0.15) is 11.1 Å². The zero-order valence-corrected chi connectivity index (χ0v) is 14.0. The first-order valence-electron chi connectivity index (χ1n) is 5.51. The Hall–Kier alpha value is -0.0613. The van der Waals surface area contributed by atoms with Crippen molar-refractivity contribution in [3.63, 3.8) is 0 Å². The quantitative estimate of drug-likeness (QED) is 0.550. The molecule has 0 aliphatic heterocycles. The molecule has 0 aromatic heterocycles. The van der Waals surface area contributed by atoms with Crippen molar-refractivity contribution in [2.24, 2.45) is 0 Å². The molecule has 0 amide bonds. The minimum atomic E-state index is -0.312. The van der Waals surface area contributed by atoms with Crippen LogP contribution in [0.5, 0.6) is 0 Å². The summed E-state index contributed by atoms with van der Waals surface area (Å²) in [6.07, 6.45) is 0. The van der Waals surface area contributed by atoms with E-state index < -0.39 is 0 Å². The van der Waals surface area contributed by atoms with Crippen molar-refractivity contribution in [3.8, 4) is 0 Å². The molecule has 0 aliphatic rings. The van der Waals surface area contributed by atoms with E-state index in [1.807, 2.05) is 0 Å². The molecular formula is C14H14S2Sn. The van der Waals surface area contributed by atoms with Gasteiger partial charge in [0, 0.05) is 0 Å². The van der Waals surface area contributed by atoms with Gasteiger partial charge >= 0.3 is 120 Å². The molecule has 0 fully saturated rings. The summed E-state index contributed by atoms with van der Waals surface area (Å²) in [6.45, 7) is 0. The molecule has 0 nitrogen and oxygen atoms in total. The molecule has 86 valence electrons. The van der Waals surface area contributed by atoms with Crippen LogP contribution in [0.25, 0.3) is 0 Å². The summed E-state index contributed by atoms with van der Waals surface area (Å²) in [7, 11) is 4.32. The Kier molecular flexibility index (Phi) is 6.38. The van der Waals surface area contributed by atoms with E-state index in [1.54, 1.807) is 0 Å². The molecule has 0 spiro atoms. The van der Waals surface area contributed by atoms with Crippen LogP contribution in [0.3, 0.4) is 0 Å². The van der Waals surface area contributed by atoms with Gasteiger partial charge in [-0.2, -0.15) is 0 Å². The predicted molar refractivity (Wildman–Crippen MR) is 81.2 cm³/mol. The van der Waals surface area contributed by atoms with Crippen LogP contribution in [-0.2, 0) is 11.5 Å². The van der Waals surface area contributed by atoms with Crippen LogP contribution < -0.4 is 0 Å². The van der Waals surface area contributed by atoms with Gasteiger partial charge in [0.2, 0.25) is 0 Å². The molecule has 2 rings (SSSR count). The second-order valence-electron chi connectivity index (χ2n) is 3.63. The van der Waals surface area contributed by atoms with Crippen molar-refractivity contribution in [3.05, 3.63) is 71.8 Å². The van der Waals surface area contributed by atoms with Crippen molar-refractivity contribution in [2.45, 2.75) is 11.5 Å². The monoisotopic (exact) mass is 366 g/mol. The Morgan fingerprint density at radius 2 is 1.06 bits per heavy atom. The third-order valence-corrected chi connectivity index (χ3v) is 12.7. The average molecular weight is 365 g/mol. The second kappa shape index (κ2) is 8.11. The summed E-state index contributed by atoms with van der Waals surface area (Å²) in [6, 6.07) is 21.5. The number of benzene rings is 2. The predicted octanol–water partition coefficient (Wildman–Crippen LogP) is 4.39. The number of hydrogen-bond donors (Lipinski definition) is 0. The summed E-state index contributed by atoms with van der Waals surface area (Å²) in [4.78, 5) is 0. The van der Waals surface area contributed by atoms with Gasteiger partial charge in [-0.1, -0.05) is 0 Å². The third-order valence-electron chi connectivity index (χ3n) is 2.28. The summed E-state index contributed by atoms with van der Waals surface area (Å²) < 4.78 is 0. The first-order valence-corrected chi connectivity index (χ1v) is 14.5. The van der Waals surface area contributed by atoms with E-state index in [9.17, 15) is 0 Å². The maximum atomic E-state index is 2.22. The SMILES string of the molecule is c1ccc(C[S][Sn][S]Cc2ccccc2)cc1. The Morgan fingerprint density at radius 1 is 0.647 bits per heavy atom. The van der Waals surface area contributed by atoms with Gasteiger partial charge in [-0.25, -0.2) is 0 Å². The van der Waals surface area contributed by atoms with Crippen molar-refractivity contribution in [2.75, 3.05) is 0 Å². The average Bonchev–Trinajstić information content (AvgIpc) is 2.41. The van der Waals surface area contributed by atoms with Gasteiger partial charge in [-0.3, -0.25) is 0 Å². The summed E-state index contributed by atoms with van der Waals surface area (Å²) in [5.74, 6) is 2.38. The molecule has 2 aromatic carbocycles. The zero-order chi connectivity index (χ0) is 11.8. The molecule has 2 aromatic rings. The van der Waals surface area contributed by atoms with Crippen LogP contribution >= 0.6 is 17.9 Å². The van der Waals surface area contributed by atoms with E-state index in [0.717, 1.165) is 0 Å². The molecule has 0 atom stereocenters. The van der Waals surface area contributed by atoms with E-state index >= 15 is 0 Å². The first-order chi connectivity index (χ1) is 8.45. The molecule has 0 saturated heterocycles. The van der Waals surface area contributed by atoms with Gasteiger partial charge in [0.05, 0.1) is 0 Å². The fourth-order valence-electron chi connectivity index (χ4n) is 1.42. The Morgan fingerprint density at radius 3 is 1.47 bits per heavy atom. The van der Waals surface area contributed by atoms with E-state index in [2.05, 4.69) is 78.6 Å². The molecule has 0 N–H and O–H groups in total. The van der Waals surface area contributed by atoms with Crippen molar-refractivity contribution in [1.29, 1.82) is 0 Å². The molecular weight excluding hydrogens is 351 g/mol. The van der Waals surface area contributed by atoms with Crippen LogP contribution in [-0.4, -0.2) is 18.4 Å². The molecule has 2 radical (unpaired) electrons. The van der Waals surface area contributed by atoms with Crippen LogP contribution in [0.4, 0.5) is 0 Å². The molecule has 0 heterocycles. The van der Waals surface area contributed by atoms with Gasteiger partial charge in [0.15, 0.2) is 0 Å². The maximum absolute atomic E-state index is 2.22. The summed E-state index contributed by atoms with van der Waals surface area (Å²) in [5, 5.41) is 0. The van der Waals surface area contributed by atoms with E-state index in [4.69, 9.17) is 0 Å². The number of hydrogen-bond acceptors (Lipinski definition) is 2. The van der Waals surface area contributed by atoms with Gasteiger partial charge in [0.25, 0.3) is 0 Å². The van der Waals surface area contributed by atoms with Gasteiger partial charge in [-0.15, -0.1) is 0 Å². The molecule has 0 unspecified atom stereocenters. The van der Waals surface area contributed by atoms with Crippen LogP contribution in [0, 0.1) is 0 Å². The second-order valence-corrected chi connectivity index (χ2v) is 14.7. The Labute approximate surface area is 119 Å². The molecule has 0 aliphatic carbocycles. The molecule has 17 heavy (non-hydrogen) atoms. The molecule has 0 saturated carbocycles. The van der Waals surface area contributed by atoms with Gasteiger partial charge in [-0.05, 0) is 0 Å². The molecule has 3 heteroatoms. The Balaban J connectivity index is 1.61. The van der Waals surface area contributed by atoms with Crippen molar-refractivity contribution >= 4 is 36.3 Å².